The third kappa shape index (κ3) is 3.26. The highest BCUT2D eigenvalue weighted by molar-refractivity contribution is 8.15. The van der Waals surface area contributed by atoms with E-state index in [4.69, 9.17) is 4.99 Å². The second-order valence-electron chi connectivity index (χ2n) is 8.63. The Hall–Kier alpha value is -1.49. The van der Waals surface area contributed by atoms with Crippen molar-refractivity contribution in [3.63, 3.8) is 0 Å². The average molecular weight is 372 g/mol. The van der Waals surface area contributed by atoms with E-state index in [1.54, 1.807) is 11.8 Å². The molecule has 5 atom stereocenters. The first-order valence-electron chi connectivity index (χ1n) is 9.79. The van der Waals surface area contributed by atoms with Gasteiger partial charge in [0.2, 0.25) is 5.91 Å². The van der Waals surface area contributed by atoms with Gasteiger partial charge < -0.3 is 10.6 Å². The molecule has 4 aliphatic rings. The first-order chi connectivity index (χ1) is 12.4. The SMILES string of the molecule is C[C@@H]1[C@H]2C[C@@H](C[C@H]1N=C1NC(=O)C(CCNc3ccccc3)S1)C2(C)C. The highest BCUT2D eigenvalue weighted by atomic mass is 32.2. The summed E-state index contributed by atoms with van der Waals surface area (Å²) in [7, 11) is 0. The molecule has 3 saturated carbocycles. The summed E-state index contributed by atoms with van der Waals surface area (Å²) in [5, 5.41) is 7.21. The fourth-order valence-corrected chi connectivity index (χ4v) is 6.03. The van der Waals surface area contributed by atoms with Crippen LogP contribution in [0, 0.1) is 23.2 Å². The molecule has 0 radical (unpaired) electrons. The highest BCUT2D eigenvalue weighted by Crippen LogP contribution is 2.61. The van der Waals surface area contributed by atoms with E-state index in [-0.39, 0.29) is 11.2 Å². The van der Waals surface area contributed by atoms with Crippen LogP contribution in [-0.4, -0.2) is 28.9 Å². The molecule has 5 rings (SSSR count). The van der Waals surface area contributed by atoms with Gasteiger partial charge in [0.15, 0.2) is 5.17 Å². The van der Waals surface area contributed by atoms with Crippen molar-refractivity contribution >= 4 is 28.5 Å². The molecule has 0 aromatic heterocycles. The zero-order valence-corrected chi connectivity index (χ0v) is 16.7. The summed E-state index contributed by atoms with van der Waals surface area (Å²) < 4.78 is 0. The maximum absolute atomic E-state index is 12.3. The Morgan fingerprint density at radius 1 is 1.27 bits per heavy atom. The lowest BCUT2D eigenvalue weighted by atomic mass is 9.45. The zero-order valence-electron chi connectivity index (χ0n) is 15.9. The molecular weight excluding hydrogens is 342 g/mol. The van der Waals surface area contributed by atoms with Gasteiger partial charge in [0.05, 0.1) is 11.3 Å². The molecule has 4 fully saturated rings. The van der Waals surface area contributed by atoms with Gasteiger partial charge >= 0.3 is 0 Å². The molecular formula is C21H29N3OS. The van der Waals surface area contributed by atoms with Crippen LogP contribution < -0.4 is 10.6 Å². The molecule has 2 bridgehead atoms. The van der Waals surface area contributed by atoms with Gasteiger partial charge in [0.25, 0.3) is 0 Å². The number of hydrogen-bond donors (Lipinski definition) is 2. The minimum Gasteiger partial charge on any atom is -0.385 e. The van der Waals surface area contributed by atoms with E-state index in [9.17, 15) is 4.79 Å². The van der Waals surface area contributed by atoms with E-state index < -0.39 is 0 Å². The van der Waals surface area contributed by atoms with Crippen molar-refractivity contribution in [3.8, 4) is 0 Å². The van der Waals surface area contributed by atoms with Crippen LogP contribution in [0.4, 0.5) is 5.69 Å². The number of thioether (sulfide) groups is 1. The van der Waals surface area contributed by atoms with Crippen LogP contribution in [0.1, 0.15) is 40.0 Å². The van der Waals surface area contributed by atoms with Gasteiger partial charge in [-0.25, -0.2) is 0 Å². The van der Waals surface area contributed by atoms with Gasteiger partial charge in [-0.3, -0.25) is 9.79 Å². The van der Waals surface area contributed by atoms with Crippen LogP contribution >= 0.6 is 11.8 Å². The number of nitrogens with zero attached hydrogens (tertiary/aromatic N) is 1. The van der Waals surface area contributed by atoms with E-state index in [0.29, 0.717) is 17.4 Å². The number of carbonyl (C=O) groups is 1. The molecule has 1 saturated heterocycles. The summed E-state index contributed by atoms with van der Waals surface area (Å²) in [4.78, 5) is 17.2. The van der Waals surface area contributed by atoms with Crippen molar-refractivity contribution in [2.75, 3.05) is 11.9 Å². The summed E-state index contributed by atoms with van der Waals surface area (Å²) in [6, 6.07) is 10.5. The molecule has 1 aliphatic heterocycles. The Morgan fingerprint density at radius 3 is 2.73 bits per heavy atom. The van der Waals surface area contributed by atoms with Gasteiger partial charge in [-0.2, -0.15) is 0 Å². The van der Waals surface area contributed by atoms with E-state index in [2.05, 4.69) is 31.4 Å². The number of amides is 1. The fraction of sp³-hybridized carbons (Fsp3) is 0.619. The Morgan fingerprint density at radius 2 is 2.04 bits per heavy atom. The second kappa shape index (κ2) is 6.91. The molecule has 1 aromatic rings. The van der Waals surface area contributed by atoms with E-state index in [0.717, 1.165) is 35.7 Å². The largest absolute Gasteiger partial charge is 0.385 e. The summed E-state index contributed by atoms with van der Waals surface area (Å²) >= 11 is 1.61. The highest BCUT2D eigenvalue weighted by Gasteiger charge is 2.56. The molecule has 1 unspecified atom stereocenters. The molecule has 140 valence electrons. The predicted molar refractivity (Wildman–Crippen MR) is 109 cm³/mol. The maximum Gasteiger partial charge on any atom is 0.239 e. The molecule has 0 spiro atoms. The standard InChI is InChI=1S/C21H29N3OS/c1-13-16-11-14(21(16,2)3)12-17(13)23-20-24-19(25)18(26-20)9-10-22-15-7-5-4-6-8-15/h4-8,13-14,16-18,22H,9-12H2,1-3H3,(H,23,24,25)/t13-,14+,16-,17-,18?/m1/s1. The number of hydrogen-bond acceptors (Lipinski definition) is 4. The van der Waals surface area contributed by atoms with Gasteiger partial charge in [-0.15, -0.1) is 0 Å². The average Bonchev–Trinajstić information content (AvgIpc) is 2.96. The summed E-state index contributed by atoms with van der Waals surface area (Å²) in [6.07, 6.45) is 3.34. The van der Waals surface area contributed by atoms with Crippen LogP contribution in [0.5, 0.6) is 0 Å². The first-order valence-corrected chi connectivity index (χ1v) is 10.7. The molecule has 26 heavy (non-hydrogen) atoms. The van der Waals surface area contributed by atoms with Crippen LogP contribution in [0.25, 0.3) is 0 Å². The second-order valence-corrected chi connectivity index (χ2v) is 9.83. The van der Waals surface area contributed by atoms with E-state index in [1.807, 2.05) is 30.3 Å². The number of anilines is 1. The van der Waals surface area contributed by atoms with Crippen LogP contribution in [0.2, 0.25) is 0 Å². The lowest BCUT2D eigenvalue weighted by Gasteiger charge is -2.61. The molecule has 2 N–H and O–H groups in total. The van der Waals surface area contributed by atoms with Crippen LogP contribution in [-0.2, 0) is 4.79 Å². The van der Waals surface area contributed by atoms with Crippen molar-refractivity contribution in [1.82, 2.24) is 5.32 Å². The number of para-hydroxylation sites is 1. The molecule has 1 aromatic carbocycles. The molecule has 1 heterocycles. The summed E-state index contributed by atoms with van der Waals surface area (Å²) in [5.74, 6) is 2.30. The van der Waals surface area contributed by atoms with Gasteiger partial charge in [0, 0.05) is 12.2 Å². The van der Waals surface area contributed by atoms with Crippen LogP contribution in [0.15, 0.2) is 35.3 Å². The summed E-state index contributed by atoms with van der Waals surface area (Å²) in [5.41, 5.74) is 1.58. The van der Waals surface area contributed by atoms with Crippen molar-refractivity contribution < 1.29 is 4.79 Å². The Bertz CT molecular complexity index is 702. The number of rotatable bonds is 5. The topological polar surface area (TPSA) is 53.5 Å². The molecule has 1 amide bonds. The first kappa shape index (κ1) is 17.9. The fourth-order valence-electron chi connectivity index (χ4n) is 5.00. The molecule has 3 aliphatic carbocycles. The number of fused-ring (bicyclic) bond motifs is 2. The van der Waals surface area contributed by atoms with Crippen molar-refractivity contribution in [3.05, 3.63) is 30.3 Å². The minimum atomic E-state index is -0.0326. The number of benzene rings is 1. The Kier molecular flexibility index (Phi) is 4.76. The Balaban J connectivity index is 1.31. The van der Waals surface area contributed by atoms with E-state index >= 15 is 0 Å². The zero-order chi connectivity index (χ0) is 18.3. The van der Waals surface area contributed by atoms with Gasteiger partial charge in [-0.05, 0) is 54.6 Å². The normalized spacial score (nSPS) is 36.5. The minimum absolute atomic E-state index is 0.0326. The Labute approximate surface area is 160 Å². The quantitative estimate of drug-likeness (QED) is 0.818. The molecule has 4 nitrogen and oxygen atoms in total. The smallest absolute Gasteiger partial charge is 0.239 e. The third-order valence-electron chi connectivity index (χ3n) is 6.88. The van der Waals surface area contributed by atoms with Crippen molar-refractivity contribution in [2.24, 2.45) is 28.2 Å². The molecule has 5 heteroatoms. The number of aliphatic imine (C=N–C) groups is 1. The van der Waals surface area contributed by atoms with Crippen LogP contribution in [0.3, 0.4) is 0 Å². The van der Waals surface area contributed by atoms with Crippen molar-refractivity contribution in [1.29, 1.82) is 0 Å². The van der Waals surface area contributed by atoms with Gasteiger partial charge in [0.1, 0.15) is 0 Å². The number of amidine groups is 1. The monoisotopic (exact) mass is 371 g/mol. The maximum atomic E-state index is 12.3. The summed E-state index contributed by atoms with van der Waals surface area (Å²) in [6.45, 7) is 7.96. The van der Waals surface area contributed by atoms with Crippen molar-refractivity contribution in [2.45, 2.75) is 51.3 Å². The predicted octanol–water partition coefficient (Wildman–Crippen LogP) is 4.15. The van der Waals surface area contributed by atoms with Gasteiger partial charge in [-0.1, -0.05) is 50.7 Å². The number of carbonyl (C=O) groups excluding carboxylic acids is 1. The third-order valence-corrected chi connectivity index (χ3v) is 8.05. The van der Waals surface area contributed by atoms with E-state index in [1.165, 1.54) is 12.8 Å². The lowest BCUT2D eigenvalue weighted by molar-refractivity contribution is -0.118. The number of nitrogens with one attached hydrogen (secondary N) is 2. The lowest BCUT2D eigenvalue weighted by Crippen LogP contribution is -2.56.